The second kappa shape index (κ2) is 8.85. The first-order valence-electron chi connectivity index (χ1n) is 8.39. The van der Waals surface area contributed by atoms with Crippen molar-refractivity contribution in [1.29, 1.82) is 0 Å². The molecule has 1 fully saturated rings. The van der Waals surface area contributed by atoms with E-state index in [2.05, 4.69) is 6.58 Å². The summed E-state index contributed by atoms with van der Waals surface area (Å²) in [6, 6.07) is 7.91. The number of aliphatic hydroxyl groups excluding tert-OH is 1. The van der Waals surface area contributed by atoms with Crippen molar-refractivity contribution in [2.75, 3.05) is 6.61 Å². The van der Waals surface area contributed by atoms with Gasteiger partial charge in [0.2, 0.25) is 5.91 Å². The van der Waals surface area contributed by atoms with E-state index in [9.17, 15) is 9.90 Å². The third kappa shape index (κ3) is 4.66. The van der Waals surface area contributed by atoms with Gasteiger partial charge in [-0.2, -0.15) is 0 Å². The molecule has 0 spiro atoms. The molecule has 1 aliphatic rings. The fraction of sp³-hybridized carbons (Fsp3) is 0.526. The fourth-order valence-corrected chi connectivity index (χ4v) is 3.43. The van der Waals surface area contributed by atoms with Crippen LogP contribution in [0.5, 0.6) is 0 Å². The highest BCUT2D eigenvalue weighted by Gasteiger charge is 2.36. The minimum atomic E-state index is -0.276. The molecule has 0 aromatic heterocycles. The predicted molar refractivity (Wildman–Crippen MR) is 90.8 cm³/mol. The summed E-state index contributed by atoms with van der Waals surface area (Å²) in [5.74, 6) is -0.406. The lowest BCUT2D eigenvalue weighted by atomic mass is 9.79. The molecule has 1 saturated heterocycles. The summed E-state index contributed by atoms with van der Waals surface area (Å²) < 4.78 is 5.98. The van der Waals surface area contributed by atoms with E-state index in [-0.39, 0.29) is 30.5 Å². The molecule has 0 saturated carbocycles. The zero-order valence-electron chi connectivity index (χ0n) is 13.6. The van der Waals surface area contributed by atoms with Crippen LogP contribution in [0.2, 0.25) is 0 Å². The third-order valence-electron chi connectivity index (χ3n) is 4.61. The minimum absolute atomic E-state index is 0.0119. The van der Waals surface area contributed by atoms with Crippen LogP contribution in [0.25, 0.3) is 0 Å². The number of aliphatic hydroxyl groups is 1. The molecular weight excluding hydrogens is 290 g/mol. The molecule has 1 heterocycles. The summed E-state index contributed by atoms with van der Waals surface area (Å²) in [6.45, 7) is 4.46. The number of unbranched alkanes of at least 4 members (excludes halogenated alkanes) is 1. The number of ether oxygens (including phenoxy) is 1. The summed E-state index contributed by atoms with van der Waals surface area (Å²) in [6.07, 6.45) is 6.23. The topological polar surface area (TPSA) is 72.6 Å². The Balaban J connectivity index is 2.27. The number of carbonyl (C=O) groups is 1. The second-order valence-electron chi connectivity index (χ2n) is 6.22. The quantitative estimate of drug-likeness (QED) is 0.572. The normalized spacial score (nSPS) is 22.5. The Bertz CT molecular complexity index is 529. The lowest BCUT2D eigenvalue weighted by Crippen LogP contribution is -2.42. The van der Waals surface area contributed by atoms with Crippen molar-refractivity contribution in [3.8, 4) is 0 Å². The molecular formula is C19H27NO3. The van der Waals surface area contributed by atoms with Gasteiger partial charge < -0.3 is 15.6 Å². The smallest absolute Gasteiger partial charge is 0.223 e. The maximum absolute atomic E-state index is 11.8. The van der Waals surface area contributed by atoms with E-state index in [4.69, 9.17) is 10.5 Å². The maximum Gasteiger partial charge on any atom is 0.223 e. The average Bonchev–Trinajstić information content (AvgIpc) is 2.59. The van der Waals surface area contributed by atoms with Crippen LogP contribution in [0.15, 0.2) is 36.9 Å². The van der Waals surface area contributed by atoms with Crippen molar-refractivity contribution in [1.82, 2.24) is 0 Å². The number of rotatable bonds is 8. The van der Waals surface area contributed by atoms with Gasteiger partial charge in [-0.15, -0.1) is 6.58 Å². The van der Waals surface area contributed by atoms with Crippen molar-refractivity contribution in [3.63, 3.8) is 0 Å². The molecule has 1 aromatic rings. The standard InChI is InChI=1S/C19H27NO3/c1-2-3-4-9-16(15-8-5-7-14(12-15)13-21)18-17(19(20)22)10-6-11-23-18/h2,5,7-8,12,16-18,21H,1,3-4,6,9-11,13H2,(H2,20,22)/t16-,17?,18?/m1/s1. The van der Waals surface area contributed by atoms with Gasteiger partial charge >= 0.3 is 0 Å². The molecule has 2 unspecified atom stereocenters. The van der Waals surface area contributed by atoms with Crippen LogP contribution in [0.4, 0.5) is 0 Å². The number of hydrogen-bond donors (Lipinski definition) is 2. The van der Waals surface area contributed by atoms with Crippen LogP contribution in [0.1, 0.15) is 49.1 Å². The summed E-state index contributed by atoms with van der Waals surface area (Å²) >= 11 is 0. The predicted octanol–water partition coefficient (Wildman–Crippen LogP) is 2.90. The van der Waals surface area contributed by atoms with Gasteiger partial charge in [-0.3, -0.25) is 4.79 Å². The van der Waals surface area contributed by atoms with Gasteiger partial charge in [0, 0.05) is 12.5 Å². The summed E-state index contributed by atoms with van der Waals surface area (Å²) in [5, 5.41) is 9.39. The SMILES string of the molecule is C=CCCC[C@H](c1cccc(CO)c1)C1OCCCC1C(N)=O. The number of hydrogen-bond acceptors (Lipinski definition) is 3. The van der Waals surface area contributed by atoms with Gasteiger partial charge in [-0.05, 0) is 43.2 Å². The number of benzene rings is 1. The van der Waals surface area contributed by atoms with Gasteiger partial charge in [0.05, 0.1) is 18.6 Å². The molecule has 1 amide bonds. The zero-order valence-corrected chi connectivity index (χ0v) is 13.6. The Morgan fingerprint density at radius 1 is 1.52 bits per heavy atom. The lowest BCUT2D eigenvalue weighted by molar-refractivity contribution is -0.132. The van der Waals surface area contributed by atoms with E-state index in [1.54, 1.807) is 0 Å². The number of nitrogens with two attached hydrogens (primary N) is 1. The minimum Gasteiger partial charge on any atom is -0.392 e. The molecule has 1 aromatic carbocycles. The summed E-state index contributed by atoms with van der Waals surface area (Å²) in [7, 11) is 0. The molecule has 126 valence electrons. The molecule has 3 atom stereocenters. The molecule has 4 heteroatoms. The molecule has 23 heavy (non-hydrogen) atoms. The number of primary amides is 1. The molecule has 0 radical (unpaired) electrons. The van der Waals surface area contributed by atoms with E-state index >= 15 is 0 Å². The van der Waals surface area contributed by atoms with Crippen LogP contribution >= 0.6 is 0 Å². The first-order valence-corrected chi connectivity index (χ1v) is 8.39. The van der Waals surface area contributed by atoms with E-state index in [1.165, 1.54) is 0 Å². The lowest BCUT2D eigenvalue weighted by Gasteiger charge is -2.36. The van der Waals surface area contributed by atoms with Crippen LogP contribution in [0, 0.1) is 5.92 Å². The van der Waals surface area contributed by atoms with Crippen molar-refractivity contribution in [3.05, 3.63) is 48.0 Å². The fourth-order valence-electron chi connectivity index (χ4n) is 3.43. The van der Waals surface area contributed by atoms with Gasteiger partial charge in [-0.25, -0.2) is 0 Å². The van der Waals surface area contributed by atoms with Crippen LogP contribution in [0.3, 0.4) is 0 Å². The molecule has 0 bridgehead atoms. The Labute approximate surface area is 138 Å². The highest BCUT2D eigenvalue weighted by molar-refractivity contribution is 5.77. The third-order valence-corrected chi connectivity index (χ3v) is 4.61. The summed E-state index contributed by atoms with van der Waals surface area (Å²) in [5.41, 5.74) is 7.60. The Kier molecular flexibility index (Phi) is 6.81. The van der Waals surface area contributed by atoms with E-state index in [1.807, 2.05) is 30.3 Å². The van der Waals surface area contributed by atoms with Crippen molar-refractivity contribution >= 4 is 5.91 Å². The van der Waals surface area contributed by atoms with Crippen LogP contribution < -0.4 is 5.73 Å². The van der Waals surface area contributed by atoms with E-state index < -0.39 is 0 Å². The first kappa shape index (κ1) is 17.7. The summed E-state index contributed by atoms with van der Waals surface area (Å²) in [4.78, 5) is 11.8. The first-order chi connectivity index (χ1) is 11.2. The Morgan fingerprint density at radius 2 is 2.35 bits per heavy atom. The van der Waals surface area contributed by atoms with Crippen molar-refractivity contribution < 1.29 is 14.6 Å². The number of amides is 1. The van der Waals surface area contributed by atoms with Gasteiger partial charge in [0.1, 0.15) is 0 Å². The molecule has 3 N–H and O–H groups in total. The van der Waals surface area contributed by atoms with Crippen molar-refractivity contribution in [2.45, 2.75) is 50.7 Å². The van der Waals surface area contributed by atoms with E-state index in [0.717, 1.165) is 43.2 Å². The molecule has 4 nitrogen and oxygen atoms in total. The highest BCUT2D eigenvalue weighted by atomic mass is 16.5. The zero-order chi connectivity index (χ0) is 16.7. The second-order valence-corrected chi connectivity index (χ2v) is 6.22. The van der Waals surface area contributed by atoms with Gasteiger partial charge in [0.25, 0.3) is 0 Å². The Morgan fingerprint density at radius 3 is 3.04 bits per heavy atom. The van der Waals surface area contributed by atoms with E-state index in [0.29, 0.717) is 6.61 Å². The maximum atomic E-state index is 11.8. The molecule has 2 rings (SSSR count). The highest BCUT2D eigenvalue weighted by Crippen LogP contribution is 2.36. The van der Waals surface area contributed by atoms with Crippen LogP contribution in [-0.2, 0) is 16.1 Å². The monoisotopic (exact) mass is 317 g/mol. The van der Waals surface area contributed by atoms with Crippen molar-refractivity contribution in [2.24, 2.45) is 11.7 Å². The van der Waals surface area contributed by atoms with Gasteiger partial charge in [0.15, 0.2) is 0 Å². The number of carbonyl (C=O) groups excluding carboxylic acids is 1. The average molecular weight is 317 g/mol. The largest absolute Gasteiger partial charge is 0.392 e. The van der Waals surface area contributed by atoms with Crippen LogP contribution in [-0.4, -0.2) is 23.7 Å². The number of allylic oxidation sites excluding steroid dienone is 1. The molecule has 1 aliphatic heterocycles. The molecule has 0 aliphatic carbocycles. The Hall–Kier alpha value is -1.65. The van der Waals surface area contributed by atoms with Gasteiger partial charge in [-0.1, -0.05) is 30.3 Å².